The van der Waals surface area contributed by atoms with E-state index >= 15 is 0 Å². The molecule has 0 unspecified atom stereocenters. The third kappa shape index (κ3) is 1.32. The van der Waals surface area contributed by atoms with Crippen LogP contribution in [0.5, 0.6) is 0 Å². The number of benzene rings is 2. The maximum atomic E-state index is 12.4. The van der Waals surface area contributed by atoms with Gasteiger partial charge in [-0.3, -0.25) is 9.89 Å². The lowest BCUT2D eigenvalue weighted by Gasteiger charge is -2.09. The van der Waals surface area contributed by atoms with Crippen molar-refractivity contribution in [2.45, 2.75) is 6.92 Å². The topological polar surface area (TPSA) is 57.8 Å². The molecule has 0 aliphatic carbocycles. The highest BCUT2D eigenvalue weighted by Crippen LogP contribution is 2.37. The van der Waals surface area contributed by atoms with E-state index in [9.17, 15) is 4.79 Å². The normalized spacial score (nSPS) is 12.9. The van der Waals surface area contributed by atoms with E-state index < -0.39 is 0 Å². The smallest absolute Gasteiger partial charge is 0.256 e. The number of carbonyl (C=O) groups is 1. The van der Waals surface area contributed by atoms with Gasteiger partial charge in [0.25, 0.3) is 5.91 Å². The van der Waals surface area contributed by atoms with Crippen LogP contribution in [0.1, 0.15) is 15.9 Å². The highest BCUT2D eigenvalue weighted by molar-refractivity contribution is 6.40. The van der Waals surface area contributed by atoms with Crippen LogP contribution in [-0.2, 0) is 0 Å². The molecular weight excluding hydrogens is 249 g/mol. The number of hydrogen-bond acceptors (Lipinski definition) is 2. The first kappa shape index (κ1) is 11.3. The van der Waals surface area contributed by atoms with Crippen LogP contribution in [0.2, 0.25) is 0 Å². The summed E-state index contributed by atoms with van der Waals surface area (Å²) in [7, 11) is 2.05. The molecule has 1 aliphatic rings. The molecule has 0 saturated carbocycles. The molecule has 2 heterocycles. The van der Waals surface area contributed by atoms with Crippen molar-refractivity contribution in [1.82, 2.24) is 10.2 Å². The highest BCUT2D eigenvalue weighted by Gasteiger charge is 2.25. The van der Waals surface area contributed by atoms with Crippen LogP contribution in [-0.4, -0.2) is 24.0 Å². The second-order valence-electron chi connectivity index (χ2n) is 5.21. The standard InChI is InChI=1S/C15H12BN3O/c1-7-6-10(16)14-11-12(7)17-15(20)9-5-3-2-4-8(9)13(11)18-19-14/h2-6H,16H2,1H3,(H,17,20)(H,18,19). The Morgan fingerprint density at radius 1 is 1.20 bits per heavy atom. The van der Waals surface area contributed by atoms with E-state index in [0.717, 1.165) is 38.9 Å². The number of nitrogens with one attached hydrogen (secondary N) is 2. The maximum absolute atomic E-state index is 12.4. The number of aromatic amines is 1. The highest BCUT2D eigenvalue weighted by atomic mass is 16.1. The van der Waals surface area contributed by atoms with Gasteiger partial charge in [0.05, 0.1) is 16.6 Å². The third-order valence-corrected chi connectivity index (χ3v) is 3.90. The SMILES string of the molecule is Bc1cc(C)c2c3c(n[nH]c13)-c1ccccc1C(=O)N2. The second kappa shape index (κ2) is 3.73. The Hall–Kier alpha value is -2.56. The first-order valence-electron chi connectivity index (χ1n) is 6.56. The molecule has 20 heavy (non-hydrogen) atoms. The van der Waals surface area contributed by atoms with E-state index in [0.29, 0.717) is 5.56 Å². The Bertz CT molecular complexity index is 882. The molecule has 1 amide bonds. The third-order valence-electron chi connectivity index (χ3n) is 3.90. The van der Waals surface area contributed by atoms with E-state index in [1.807, 2.05) is 39.0 Å². The van der Waals surface area contributed by atoms with Crippen LogP contribution in [0.25, 0.3) is 22.2 Å². The minimum absolute atomic E-state index is 0.0770. The molecule has 96 valence electrons. The summed E-state index contributed by atoms with van der Waals surface area (Å²) in [6.45, 7) is 2.01. The van der Waals surface area contributed by atoms with Gasteiger partial charge in [-0.25, -0.2) is 0 Å². The zero-order valence-corrected chi connectivity index (χ0v) is 11.2. The van der Waals surface area contributed by atoms with Gasteiger partial charge in [0.2, 0.25) is 0 Å². The van der Waals surface area contributed by atoms with Crippen molar-refractivity contribution >= 4 is 35.8 Å². The van der Waals surface area contributed by atoms with Crippen LogP contribution in [0, 0.1) is 6.92 Å². The summed E-state index contributed by atoms with van der Waals surface area (Å²) in [4.78, 5) is 12.4. The lowest BCUT2D eigenvalue weighted by Crippen LogP contribution is -2.14. The van der Waals surface area contributed by atoms with Crippen LogP contribution < -0.4 is 10.8 Å². The van der Waals surface area contributed by atoms with Crippen molar-refractivity contribution in [3.63, 3.8) is 0 Å². The number of fused-ring (bicyclic) bond motifs is 2. The molecule has 1 aromatic heterocycles. The lowest BCUT2D eigenvalue weighted by atomic mass is 9.90. The van der Waals surface area contributed by atoms with Crippen molar-refractivity contribution in [2.75, 3.05) is 5.32 Å². The van der Waals surface area contributed by atoms with Gasteiger partial charge in [0.1, 0.15) is 13.5 Å². The van der Waals surface area contributed by atoms with Gasteiger partial charge < -0.3 is 5.32 Å². The van der Waals surface area contributed by atoms with Crippen molar-refractivity contribution in [1.29, 1.82) is 0 Å². The van der Waals surface area contributed by atoms with Gasteiger partial charge in [0.15, 0.2) is 0 Å². The fourth-order valence-corrected chi connectivity index (χ4v) is 2.96. The minimum atomic E-state index is -0.0770. The summed E-state index contributed by atoms with van der Waals surface area (Å²) >= 11 is 0. The van der Waals surface area contributed by atoms with Crippen molar-refractivity contribution in [3.8, 4) is 11.3 Å². The average molecular weight is 261 g/mol. The number of nitrogens with zero attached hydrogens (tertiary/aromatic N) is 1. The van der Waals surface area contributed by atoms with Crippen LogP contribution in [0.4, 0.5) is 5.69 Å². The van der Waals surface area contributed by atoms with Crippen molar-refractivity contribution in [2.24, 2.45) is 0 Å². The zero-order valence-electron chi connectivity index (χ0n) is 11.2. The van der Waals surface area contributed by atoms with Crippen LogP contribution in [0.3, 0.4) is 0 Å². The Balaban J connectivity index is 2.22. The number of aromatic nitrogens is 2. The molecule has 0 spiro atoms. The molecule has 2 N–H and O–H groups in total. The van der Waals surface area contributed by atoms with Crippen LogP contribution in [0.15, 0.2) is 30.3 Å². The Kier molecular flexibility index (Phi) is 2.10. The summed E-state index contributed by atoms with van der Waals surface area (Å²) in [6.07, 6.45) is 0. The van der Waals surface area contributed by atoms with Gasteiger partial charge in [-0.15, -0.1) is 0 Å². The summed E-state index contributed by atoms with van der Waals surface area (Å²) < 4.78 is 0. The van der Waals surface area contributed by atoms with E-state index in [1.54, 1.807) is 0 Å². The first-order valence-corrected chi connectivity index (χ1v) is 6.56. The number of aryl methyl sites for hydroxylation is 1. The predicted octanol–water partition coefficient (Wildman–Crippen LogP) is 1.36. The first-order chi connectivity index (χ1) is 9.66. The Morgan fingerprint density at radius 3 is 2.75 bits per heavy atom. The molecule has 0 saturated heterocycles. The fraction of sp³-hybridized carbons (Fsp3) is 0.0667. The molecular formula is C15H12BN3O. The van der Waals surface area contributed by atoms with Crippen molar-refractivity contribution < 1.29 is 4.79 Å². The largest absolute Gasteiger partial charge is 0.321 e. The number of H-pyrrole nitrogens is 1. The number of anilines is 1. The molecule has 0 fully saturated rings. The van der Waals surface area contributed by atoms with E-state index in [2.05, 4.69) is 21.6 Å². The summed E-state index contributed by atoms with van der Waals surface area (Å²) in [5.74, 6) is -0.0770. The monoisotopic (exact) mass is 261 g/mol. The molecule has 3 aromatic rings. The van der Waals surface area contributed by atoms with Gasteiger partial charge in [-0.05, 0) is 18.6 Å². The maximum Gasteiger partial charge on any atom is 0.256 e. The van der Waals surface area contributed by atoms with Gasteiger partial charge in [0, 0.05) is 11.1 Å². The summed E-state index contributed by atoms with van der Waals surface area (Å²) in [5.41, 5.74) is 6.41. The number of rotatable bonds is 0. The molecule has 4 nitrogen and oxygen atoms in total. The van der Waals surface area contributed by atoms with Gasteiger partial charge in [-0.1, -0.05) is 29.7 Å². The fourth-order valence-electron chi connectivity index (χ4n) is 2.96. The Labute approximate surface area is 116 Å². The van der Waals surface area contributed by atoms with E-state index in [-0.39, 0.29) is 5.91 Å². The molecule has 0 atom stereocenters. The number of carbonyl (C=O) groups excluding carboxylic acids is 1. The second-order valence-corrected chi connectivity index (χ2v) is 5.21. The van der Waals surface area contributed by atoms with Crippen molar-refractivity contribution in [3.05, 3.63) is 41.5 Å². The molecule has 5 heteroatoms. The molecule has 4 rings (SSSR count). The number of hydrogen-bond donors (Lipinski definition) is 2. The molecule has 0 radical (unpaired) electrons. The van der Waals surface area contributed by atoms with Gasteiger partial charge >= 0.3 is 0 Å². The lowest BCUT2D eigenvalue weighted by molar-refractivity contribution is 0.102. The minimum Gasteiger partial charge on any atom is -0.321 e. The van der Waals surface area contributed by atoms with Crippen LogP contribution >= 0.6 is 0 Å². The molecule has 2 aromatic carbocycles. The summed E-state index contributed by atoms with van der Waals surface area (Å²) in [6, 6.07) is 9.64. The zero-order chi connectivity index (χ0) is 13.9. The Morgan fingerprint density at radius 2 is 1.95 bits per heavy atom. The summed E-state index contributed by atoms with van der Waals surface area (Å²) in [5, 5.41) is 11.6. The molecule has 1 aliphatic heterocycles. The van der Waals surface area contributed by atoms with Gasteiger partial charge in [-0.2, -0.15) is 5.10 Å². The number of amides is 1. The predicted molar refractivity (Wildman–Crippen MR) is 82.4 cm³/mol. The molecule has 0 bridgehead atoms. The quantitative estimate of drug-likeness (QED) is 0.600. The van der Waals surface area contributed by atoms with E-state index in [4.69, 9.17) is 0 Å². The van der Waals surface area contributed by atoms with E-state index in [1.165, 1.54) is 0 Å². The average Bonchev–Trinajstić information content (AvgIpc) is 2.83.